The zero-order chi connectivity index (χ0) is 15.4. The molecule has 0 unspecified atom stereocenters. The van der Waals surface area contributed by atoms with E-state index in [2.05, 4.69) is 29.4 Å². The predicted molar refractivity (Wildman–Crippen MR) is 84.3 cm³/mol. The summed E-state index contributed by atoms with van der Waals surface area (Å²) in [6.07, 6.45) is 1.99. The van der Waals surface area contributed by atoms with Gasteiger partial charge in [-0.1, -0.05) is 36.8 Å². The van der Waals surface area contributed by atoms with Crippen LogP contribution in [-0.4, -0.2) is 21.2 Å². The average molecular weight is 326 g/mol. The molecule has 2 N–H and O–H groups in total. The van der Waals surface area contributed by atoms with Crippen LogP contribution in [0.4, 0.5) is 5.13 Å². The summed E-state index contributed by atoms with van der Waals surface area (Å²) in [7, 11) is 0. The van der Waals surface area contributed by atoms with E-state index in [1.165, 1.54) is 29.5 Å². The van der Waals surface area contributed by atoms with Crippen molar-refractivity contribution in [3.05, 3.63) is 33.8 Å². The number of phenols is 1. The highest BCUT2D eigenvalue weighted by Gasteiger charge is 2.15. The number of carbonyl (C=O) groups excluding carboxylic acids is 1. The number of aromatic nitrogens is 2. The summed E-state index contributed by atoms with van der Waals surface area (Å²) in [6.45, 7) is 4.21. The van der Waals surface area contributed by atoms with Crippen LogP contribution in [0, 0.1) is 0 Å². The number of halogens is 1. The molecular weight excluding hydrogens is 310 g/mol. The van der Waals surface area contributed by atoms with E-state index in [0.717, 1.165) is 17.8 Å². The van der Waals surface area contributed by atoms with Crippen LogP contribution in [0.3, 0.4) is 0 Å². The smallest absolute Gasteiger partial charge is 0.257 e. The van der Waals surface area contributed by atoms with Crippen LogP contribution >= 0.6 is 22.9 Å². The summed E-state index contributed by atoms with van der Waals surface area (Å²) in [5.74, 6) is -0.0134. The number of rotatable bonds is 5. The summed E-state index contributed by atoms with van der Waals surface area (Å²) < 4.78 is 0. The van der Waals surface area contributed by atoms with Crippen molar-refractivity contribution in [1.82, 2.24) is 10.2 Å². The molecule has 1 amide bonds. The van der Waals surface area contributed by atoms with Crippen LogP contribution in [0.15, 0.2) is 18.2 Å². The van der Waals surface area contributed by atoms with Crippen LogP contribution in [-0.2, 0) is 0 Å². The monoisotopic (exact) mass is 325 g/mol. The molecule has 2 aromatic rings. The molecular formula is C14H16ClN3O2S. The topological polar surface area (TPSA) is 75.1 Å². The molecule has 5 nitrogen and oxygen atoms in total. The van der Waals surface area contributed by atoms with Crippen LogP contribution in [0.2, 0.25) is 5.02 Å². The highest BCUT2D eigenvalue weighted by atomic mass is 35.5. The van der Waals surface area contributed by atoms with Crippen molar-refractivity contribution in [2.24, 2.45) is 0 Å². The van der Waals surface area contributed by atoms with E-state index < -0.39 is 0 Å². The van der Waals surface area contributed by atoms with Gasteiger partial charge < -0.3 is 5.11 Å². The lowest BCUT2D eigenvalue weighted by Crippen LogP contribution is -2.11. The van der Waals surface area contributed by atoms with E-state index in [1.807, 2.05) is 0 Å². The number of anilines is 1. The van der Waals surface area contributed by atoms with Gasteiger partial charge in [0, 0.05) is 11.5 Å². The number of amides is 1. The second kappa shape index (κ2) is 6.87. The molecule has 0 spiro atoms. The maximum Gasteiger partial charge on any atom is 0.257 e. The predicted octanol–water partition coefficient (Wildman–Crippen LogP) is 4.05. The van der Waals surface area contributed by atoms with E-state index in [0.29, 0.717) is 16.6 Å². The quantitative estimate of drug-likeness (QED) is 0.869. The van der Waals surface area contributed by atoms with Crippen molar-refractivity contribution in [1.29, 1.82) is 0 Å². The third-order valence-electron chi connectivity index (χ3n) is 3.21. The molecule has 0 aliphatic carbocycles. The molecule has 2 rings (SSSR count). The molecule has 0 aliphatic rings. The fraction of sp³-hybridized carbons (Fsp3) is 0.357. The average Bonchev–Trinajstić information content (AvgIpc) is 2.91. The van der Waals surface area contributed by atoms with Crippen LogP contribution in [0.25, 0.3) is 0 Å². The Morgan fingerprint density at radius 3 is 2.71 bits per heavy atom. The largest absolute Gasteiger partial charge is 0.506 e. The first kappa shape index (κ1) is 15.7. The fourth-order valence-electron chi connectivity index (χ4n) is 1.91. The maximum absolute atomic E-state index is 12.1. The number of carbonyl (C=O) groups is 1. The Kier molecular flexibility index (Phi) is 5.14. The molecule has 0 atom stereocenters. The Morgan fingerprint density at radius 2 is 2.10 bits per heavy atom. The molecule has 1 heterocycles. The van der Waals surface area contributed by atoms with Gasteiger partial charge in [-0.15, -0.1) is 10.2 Å². The van der Waals surface area contributed by atoms with Gasteiger partial charge in [-0.25, -0.2) is 0 Å². The minimum atomic E-state index is -0.329. The summed E-state index contributed by atoms with van der Waals surface area (Å²) in [5.41, 5.74) is 0.358. The molecule has 0 saturated carbocycles. The van der Waals surface area contributed by atoms with Crippen molar-refractivity contribution in [2.75, 3.05) is 5.32 Å². The molecule has 0 bridgehead atoms. The van der Waals surface area contributed by atoms with Gasteiger partial charge in [0.1, 0.15) is 10.8 Å². The highest BCUT2D eigenvalue weighted by molar-refractivity contribution is 7.15. The number of aromatic hydroxyl groups is 1. The molecule has 21 heavy (non-hydrogen) atoms. The summed E-state index contributed by atoms with van der Waals surface area (Å²) in [5, 5.41) is 21.7. The van der Waals surface area contributed by atoms with Gasteiger partial charge in [-0.05, 0) is 31.0 Å². The van der Waals surface area contributed by atoms with Gasteiger partial charge in [0.15, 0.2) is 0 Å². The van der Waals surface area contributed by atoms with Crippen molar-refractivity contribution in [3.63, 3.8) is 0 Å². The maximum atomic E-state index is 12.1. The van der Waals surface area contributed by atoms with E-state index in [1.54, 1.807) is 0 Å². The molecule has 0 radical (unpaired) electrons. The Labute approximate surface area is 132 Å². The lowest BCUT2D eigenvalue weighted by molar-refractivity contribution is 0.102. The SMILES string of the molecule is CCC(CC)c1nnc(NC(=O)c2ccc(O)c(Cl)c2)s1. The molecule has 112 valence electrons. The minimum Gasteiger partial charge on any atom is -0.506 e. The van der Waals surface area contributed by atoms with E-state index in [-0.39, 0.29) is 16.7 Å². The first-order valence-electron chi connectivity index (χ1n) is 6.68. The van der Waals surface area contributed by atoms with Crippen LogP contribution < -0.4 is 5.32 Å². The van der Waals surface area contributed by atoms with Crippen LogP contribution in [0.1, 0.15) is 48.0 Å². The number of nitrogens with one attached hydrogen (secondary N) is 1. The lowest BCUT2D eigenvalue weighted by Gasteiger charge is -2.06. The van der Waals surface area contributed by atoms with Gasteiger partial charge >= 0.3 is 0 Å². The molecule has 1 aromatic carbocycles. The summed E-state index contributed by atoms with van der Waals surface area (Å²) >= 11 is 7.17. The van der Waals surface area contributed by atoms with Crippen LogP contribution in [0.5, 0.6) is 5.75 Å². The Bertz CT molecular complexity index is 641. The van der Waals surface area contributed by atoms with Crippen molar-refractivity contribution >= 4 is 34.0 Å². The second-order valence-electron chi connectivity index (χ2n) is 4.58. The first-order chi connectivity index (χ1) is 10.0. The highest BCUT2D eigenvalue weighted by Crippen LogP contribution is 2.29. The van der Waals surface area contributed by atoms with Crippen molar-refractivity contribution < 1.29 is 9.90 Å². The molecule has 0 aliphatic heterocycles. The summed E-state index contributed by atoms with van der Waals surface area (Å²) in [6, 6.07) is 4.29. The fourth-order valence-corrected chi connectivity index (χ4v) is 3.09. The van der Waals surface area contributed by atoms with Gasteiger partial charge in [0.2, 0.25) is 5.13 Å². The van der Waals surface area contributed by atoms with E-state index in [4.69, 9.17) is 11.6 Å². The van der Waals surface area contributed by atoms with Gasteiger partial charge in [0.25, 0.3) is 5.91 Å². The molecule has 1 aromatic heterocycles. The zero-order valence-corrected chi connectivity index (χ0v) is 13.3. The number of hydrogen-bond donors (Lipinski definition) is 2. The Morgan fingerprint density at radius 1 is 1.38 bits per heavy atom. The third-order valence-corrected chi connectivity index (χ3v) is 4.51. The van der Waals surface area contributed by atoms with Gasteiger partial charge in [-0.3, -0.25) is 10.1 Å². The summed E-state index contributed by atoms with van der Waals surface area (Å²) in [4.78, 5) is 12.1. The Hall–Kier alpha value is -1.66. The van der Waals surface area contributed by atoms with Gasteiger partial charge in [-0.2, -0.15) is 0 Å². The minimum absolute atomic E-state index is 0.0554. The number of nitrogens with zero attached hydrogens (tertiary/aromatic N) is 2. The molecule has 0 fully saturated rings. The molecule has 7 heteroatoms. The number of phenolic OH excluding ortho intramolecular Hbond substituents is 1. The third kappa shape index (κ3) is 3.71. The van der Waals surface area contributed by atoms with E-state index >= 15 is 0 Å². The van der Waals surface area contributed by atoms with Crippen molar-refractivity contribution in [3.8, 4) is 5.75 Å². The number of hydrogen-bond acceptors (Lipinski definition) is 5. The standard InChI is InChI=1S/C14H16ClN3O2S/c1-3-8(4-2)13-17-18-14(21-13)16-12(20)9-5-6-11(19)10(15)7-9/h5-8,19H,3-4H2,1-2H3,(H,16,18,20). The second-order valence-corrected chi connectivity index (χ2v) is 6.00. The Balaban J connectivity index is 2.11. The lowest BCUT2D eigenvalue weighted by atomic mass is 10.1. The molecule has 0 saturated heterocycles. The van der Waals surface area contributed by atoms with E-state index in [9.17, 15) is 9.90 Å². The number of benzene rings is 1. The van der Waals surface area contributed by atoms with Crippen molar-refractivity contribution in [2.45, 2.75) is 32.6 Å². The van der Waals surface area contributed by atoms with Gasteiger partial charge in [0.05, 0.1) is 5.02 Å². The zero-order valence-electron chi connectivity index (χ0n) is 11.8. The first-order valence-corrected chi connectivity index (χ1v) is 7.87. The normalized spacial score (nSPS) is 10.9.